The number of benzene rings is 2. The molecule has 0 unspecified atom stereocenters. The van der Waals surface area contributed by atoms with Crippen LogP contribution in [-0.4, -0.2) is 29.2 Å². The van der Waals surface area contributed by atoms with Crippen molar-refractivity contribution in [2.45, 2.75) is 12.8 Å². The molecule has 3 rings (SSSR count). The van der Waals surface area contributed by atoms with E-state index in [1.165, 1.54) is 11.8 Å². The lowest BCUT2D eigenvalue weighted by atomic mass is 10.2. The summed E-state index contributed by atoms with van der Waals surface area (Å²) in [6, 6.07) is 14.4. The molecule has 3 N–H and O–H groups in total. The summed E-state index contributed by atoms with van der Waals surface area (Å²) in [5.74, 6) is 0.113. The van der Waals surface area contributed by atoms with Gasteiger partial charge in [-0.2, -0.15) is 0 Å². The maximum absolute atomic E-state index is 12.1. The van der Waals surface area contributed by atoms with E-state index in [1.54, 1.807) is 30.3 Å². The van der Waals surface area contributed by atoms with E-state index in [-0.39, 0.29) is 35.1 Å². The first-order valence-electron chi connectivity index (χ1n) is 8.83. The molecule has 0 atom stereocenters. The van der Waals surface area contributed by atoms with Crippen molar-refractivity contribution in [1.29, 1.82) is 0 Å². The van der Waals surface area contributed by atoms with Gasteiger partial charge >= 0.3 is 0 Å². The minimum absolute atomic E-state index is 0.0236. The molecule has 0 heterocycles. The Kier molecular flexibility index (Phi) is 7.11. The summed E-state index contributed by atoms with van der Waals surface area (Å²) in [7, 11) is 0. The van der Waals surface area contributed by atoms with Crippen molar-refractivity contribution in [2.75, 3.05) is 27.5 Å². The van der Waals surface area contributed by atoms with E-state index in [0.717, 1.165) is 17.3 Å². The van der Waals surface area contributed by atoms with Gasteiger partial charge in [0, 0.05) is 27.5 Å². The predicted octanol–water partition coefficient (Wildman–Crippen LogP) is 4.11. The molecule has 2 aromatic rings. The van der Waals surface area contributed by atoms with Crippen molar-refractivity contribution in [3.8, 4) is 0 Å². The first-order valence-corrected chi connectivity index (χ1v) is 10.8. The number of halogens is 1. The lowest BCUT2D eigenvalue weighted by Gasteiger charge is -2.09. The Hall–Kier alpha value is -2.32. The van der Waals surface area contributed by atoms with E-state index >= 15 is 0 Å². The van der Waals surface area contributed by atoms with Crippen LogP contribution in [-0.2, 0) is 14.4 Å². The number of carbonyl (C=O) groups is 3. The second-order valence-corrected chi connectivity index (χ2v) is 8.35. The molecule has 0 radical (unpaired) electrons. The fourth-order valence-electron chi connectivity index (χ4n) is 2.46. The zero-order valence-corrected chi connectivity index (χ0v) is 17.4. The molecule has 146 valence electrons. The standard InChI is InChI=1S/C20H20BrN3O3S/c21-14-3-1-4-15(9-14)22-18(25)11-28-12-19(26)23-16-5-2-6-17(10-16)24-20(27)13-7-8-13/h1-6,9-10,13H,7-8,11-12H2,(H,22,25)(H,23,26)(H,24,27). The molecule has 0 bridgehead atoms. The van der Waals surface area contributed by atoms with Crippen molar-refractivity contribution in [1.82, 2.24) is 0 Å². The number of anilines is 3. The van der Waals surface area contributed by atoms with Crippen molar-refractivity contribution in [3.05, 3.63) is 53.0 Å². The summed E-state index contributed by atoms with van der Waals surface area (Å²) in [5, 5.41) is 8.42. The molecule has 28 heavy (non-hydrogen) atoms. The van der Waals surface area contributed by atoms with Gasteiger partial charge in [-0.25, -0.2) is 0 Å². The van der Waals surface area contributed by atoms with Gasteiger partial charge in [0.2, 0.25) is 17.7 Å². The summed E-state index contributed by atoms with van der Waals surface area (Å²) >= 11 is 4.58. The Labute approximate surface area is 176 Å². The summed E-state index contributed by atoms with van der Waals surface area (Å²) in [6.07, 6.45) is 1.88. The monoisotopic (exact) mass is 461 g/mol. The van der Waals surface area contributed by atoms with Crippen molar-refractivity contribution < 1.29 is 14.4 Å². The van der Waals surface area contributed by atoms with E-state index < -0.39 is 0 Å². The Balaban J connectivity index is 1.40. The molecule has 6 nitrogen and oxygen atoms in total. The lowest BCUT2D eigenvalue weighted by molar-refractivity contribution is -0.117. The van der Waals surface area contributed by atoms with Crippen LogP contribution in [0.15, 0.2) is 53.0 Å². The first kappa shape index (κ1) is 20.4. The van der Waals surface area contributed by atoms with Gasteiger partial charge in [-0.1, -0.05) is 28.1 Å². The Morgan fingerprint density at radius 3 is 1.96 bits per heavy atom. The number of amides is 3. The highest BCUT2D eigenvalue weighted by Gasteiger charge is 2.29. The van der Waals surface area contributed by atoms with Crippen molar-refractivity contribution >= 4 is 62.5 Å². The molecule has 1 saturated carbocycles. The van der Waals surface area contributed by atoms with Gasteiger partial charge in [-0.15, -0.1) is 11.8 Å². The van der Waals surface area contributed by atoms with Gasteiger partial charge < -0.3 is 16.0 Å². The third kappa shape index (κ3) is 6.69. The van der Waals surface area contributed by atoms with Crippen molar-refractivity contribution in [3.63, 3.8) is 0 Å². The number of carbonyl (C=O) groups excluding carboxylic acids is 3. The average Bonchev–Trinajstić information content (AvgIpc) is 3.47. The fraction of sp³-hybridized carbons (Fsp3) is 0.250. The molecule has 1 fully saturated rings. The molecule has 0 aliphatic heterocycles. The van der Waals surface area contributed by atoms with Crippen LogP contribution in [0, 0.1) is 5.92 Å². The maximum Gasteiger partial charge on any atom is 0.234 e. The molecular weight excluding hydrogens is 442 g/mol. The van der Waals surface area contributed by atoms with Gasteiger partial charge in [0.15, 0.2) is 0 Å². The second kappa shape index (κ2) is 9.75. The zero-order valence-electron chi connectivity index (χ0n) is 15.0. The average molecular weight is 462 g/mol. The molecule has 1 aliphatic rings. The second-order valence-electron chi connectivity index (χ2n) is 6.44. The quantitative estimate of drug-likeness (QED) is 0.551. The van der Waals surface area contributed by atoms with Crippen LogP contribution in [0.25, 0.3) is 0 Å². The SMILES string of the molecule is O=C(CSCC(=O)Nc1cccc(NC(=O)C2CC2)c1)Nc1cccc(Br)c1. The number of thioether (sulfide) groups is 1. The van der Waals surface area contributed by atoms with Crippen LogP contribution in [0.2, 0.25) is 0 Å². The van der Waals surface area contributed by atoms with Crippen LogP contribution in [0.1, 0.15) is 12.8 Å². The summed E-state index contributed by atoms with van der Waals surface area (Å²) < 4.78 is 0.882. The Bertz CT molecular complexity index is 887. The molecule has 2 aromatic carbocycles. The largest absolute Gasteiger partial charge is 0.326 e. The zero-order chi connectivity index (χ0) is 19.9. The van der Waals surface area contributed by atoms with E-state index in [1.807, 2.05) is 18.2 Å². The first-order chi connectivity index (χ1) is 13.5. The van der Waals surface area contributed by atoms with E-state index in [2.05, 4.69) is 31.9 Å². The normalized spacial score (nSPS) is 12.9. The fourth-order valence-corrected chi connectivity index (χ4v) is 3.48. The minimum Gasteiger partial charge on any atom is -0.326 e. The highest BCUT2D eigenvalue weighted by Crippen LogP contribution is 2.30. The smallest absolute Gasteiger partial charge is 0.234 e. The van der Waals surface area contributed by atoms with Crippen LogP contribution >= 0.6 is 27.7 Å². The van der Waals surface area contributed by atoms with E-state index in [4.69, 9.17) is 0 Å². The van der Waals surface area contributed by atoms with Gasteiger partial charge in [0.05, 0.1) is 11.5 Å². The number of hydrogen-bond acceptors (Lipinski definition) is 4. The number of rotatable bonds is 8. The van der Waals surface area contributed by atoms with E-state index in [0.29, 0.717) is 17.1 Å². The van der Waals surface area contributed by atoms with Crippen molar-refractivity contribution in [2.24, 2.45) is 5.92 Å². The maximum atomic E-state index is 12.1. The number of nitrogens with one attached hydrogen (secondary N) is 3. The summed E-state index contributed by atoms with van der Waals surface area (Å²) in [4.78, 5) is 35.9. The van der Waals surface area contributed by atoms with E-state index in [9.17, 15) is 14.4 Å². The highest BCUT2D eigenvalue weighted by atomic mass is 79.9. The topological polar surface area (TPSA) is 87.3 Å². The highest BCUT2D eigenvalue weighted by molar-refractivity contribution is 9.10. The third-order valence-electron chi connectivity index (χ3n) is 3.94. The van der Waals surface area contributed by atoms with Crippen LogP contribution in [0.4, 0.5) is 17.1 Å². The number of hydrogen-bond donors (Lipinski definition) is 3. The molecule has 0 spiro atoms. The van der Waals surface area contributed by atoms with Gasteiger partial charge in [-0.05, 0) is 49.2 Å². The Morgan fingerprint density at radius 1 is 0.857 bits per heavy atom. The molecule has 1 aliphatic carbocycles. The van der Waals surface area contributed by atoms with Gasteiger partial charge in [-0.3, -0.25) is 14.4 Å². The summed E-state index contributed by atoms with van der Waals surface area (Å²) in [5.41, 5.74) is 1.98. The molecule has 0 aromatic heterocycles. The Morgan fingerprint density at radius 2 is 1.39 bits per heavy atom. The van der Waals surface area contributed by atoms with Crippen LogP contribution in [0.5, 0.6) is 0 Å². The minimum atomic E-state index is -0.203. The molecule has 0 saturated heterocycles. The molecule has 8 heteroatoms. The molecular formula is C20H20BrN3O3S. The lowest BCUT2D eigenvalue weighted by Crippen LogP contribution is -2.18. The van der Waals surface area contributed by atoms with Gasteiger partial charge in [0.1, 0.15) is 0 Å². The van der Waals surface area contributed by atoms with Crippen LogP contribution in [0.3, 0.4) is 0 Å². The third-order valence-corrected chi connectivity index (χ3v) is 5.36. The predicted molar refractivity (Wildman–Crippen MR) is 117 cm³/mol. The summed E-state index contributed by atoms with van der Waals surface area (Å²) in [6.45, 7) is 0. The molecule has 3 amide bonds. The van der Waals surface area contributed by atoms with Gasteiger partial charge in [0.25, 0.3) is 0 Å². The van der Waals surface area contributed by atoms with Crippen LogP contribution < -0.4 is 16.0 Å².